The minimum Gasteiger partial charge on any atom is -0.497 e. The van der Waals surface area contributed by atoms with Crippen molar-refractivity contribution in [2.24, 2.45) is 0 Å². The van der Waals surface area contributed by atoms with E-state index in [0.29, 0.717) is 5.75 Å². The second kappa shape index (κ2) is 5.28. The van der Waals surface area contributed by atoms with Crippen LogP contribution in [0.3, 0.4) is 0 Å². The van der Waals surface area contributed by atoms with E-state index < -0.39 is 17.4 Å². The molecule has 2 aromatic carbocycles. The zero-order chi connectivity index (χ0) is 14.9. The number of nitrogens with two attached hydrogens (primary N) is 1. The molecule has 0 aliphatic rings. The van der Waals surface area contributed by atoms with Crippen LogP contribution in [0.4, 0.5) is 14.5 Å². The molecule has 0 aromatic heterocycles. The lowest BCUT2D eigenvalue weighted by atomic mass is 9.99. The molecule has 0 atom stereocenters. The number of benzene rings is 2. The Labute approximate surface area is 115 Å². The van der Waals surface area contributed by atoms with E-state index in [2.05, 4.69) is 0 Å². The number of carbonyl (C=O) groups excluding carboxylic acids is 1. The molecule has 0 unspecified atom stereocenters. The fourth-order valence-electron chi connectivity index (χ4n) is 1.84. The van der Waals surface area contributed by atoms with E-state index in [1.54, 1.807) is 0 Å². The zero-order valence-electron chi connectivity index (χ0n) is 11.0. The average Bonchev–Trinajstić information content (AvgIpc) is 2.44. The van der Waals surface area contributed by atoms with Crippen molar-refractivity contribution in [3.8, 4) is 5.75 Å². The summed E-state index contributed by atoms with van der Waals surface area (Å²) >= 11 is 0. The van der Waals surface area contributed by atoms with Gasteiger partial charge in [-0.3, -0.25) is 4.79 Å². The number of halogens is 2. The number of rotatable bonds is 3. The first-order valence-electron chi connectivity index (χ1n) is 5.88. The summed E-state index contributed by atoms with van der Waals surface area (Å²) < 4.78 is 32.3. The van der Waals surface area contributed by atoms with Crippen molar-refractivity contribution in [1.82, 2.24) is 0 Å². The molecule has 2 rings (SSSR count). The summed E-state index contributed by atoms with van der Waals surface area (Å²) in [5, 5.41) is 0. The van der Waals surface area contributed by atoms with Crippen molar-refractivity contribution in [2.75, 3.05) is 12.8 Å². The molecule has 0 spiro atoms. The van der Waals surface area contributed by atoms with Crippen LogP contribution in [-0.4, -0.2) is 12.9 Å². The number of anilines is 1. The fourth-order valence-corrected chi connectivity index (χ4v) is 1.84. The van der Waals surface area contributed by atoms with Crippen molar-refractivity contribution in [3.05, 3.63) is 58.7 Å². The van der Waals surface area contributed by atoms with Crippen molar-refractivity contribution in [2.45, 2.75) is 6.92 Å². The number of hydrogen-bond donors (Lipinski definition) is 1. The largest absolute Gasteiger partial charge is 0.497 e. The standard InChI is InChI=1S/C15H13F2NO2/c1-8-3-5-11(14(17)13(8)16)15(19)10-6-4-9(20-2)7-12(10)18/h3-7H,18H2,1-2H3. The summed E-state index contributed by atoms with van der Waals surface area (Å²) in [7, 11) is 1.46. The van der Waals surface area contributed by atoms with E-state index in [1.807, 2.05) is 0 Å². The number of methoxy groups -OCH3 is 1. The zero-order valence-corrected chi connectivity index (χ0v) is 11.0. The van der Waals surface area contributed by atoms with Gasteiger partial charge in [0.1, 0.15) is 5.75 Å². The maximum Gasteiger partial charge on any atom is 0.198 e. The summed E-state index contributed by atoms with van der Waals surface area (Å²) in [6, 6.07) is 7.01. The molecule has 2 aromatic rings. The van der Waals surface area contributed by atoms with Crippen LogP contribution in [0.15, 0.2) is 30.3 Å². The molecule has 0 aliphatic carbocycles. The first kappa shape index (κ1) is 14.0. The first-order valence-corrected chi connectivity index (χ1v) is 5.88. The van der Waals surface area contributed by atoms with Crippen molar-refractivity contribution >= 4 is 11.5 Å². The third-order valence-electron chi connectivity index (χ3n) is 3.02. The molecular formula is C15H13F2NO2. The first-order chi connectivity index (χ1) is 9.45. The van der Waals surface area contributed by atoms with Crippen LogP contribution >= 0.6 is 0 Å². The van der Waals surface area contributed by atoms with E-state index in [1.165, 1.54) is 44.4 Å². The Bertz CT molecular complexity index is 684. The van der Waals surface area contributed by atoms with Crippen LogP contribution in [-0.2, 0) is 0 Å². The minimum absolute atomic E-state index is 0.105. The lowest BCUT2D eigenvalue weighted by Gasteiger charge is -2.09. The summed E-state index contributed by atoms with van der Waals surface area (Å²) in [5.74, 6) is -2.37. The predicted molar refractivity (Wildman–Crippen MR) is 71.9 cm³/mol. The molecule has 20 heavy (non-hydrogen) atoms. The second-order valence-electron chi connectivity index (χ2n) is 4.34. The fraction of sp³-hybridized carbons (Fsp3) is 0.133. The molecule has 104 valence electrons. The van der Waals surface area contributed by atoms with Gasteiger partial charge >= 0.3 is 0 Å². The van der Waals surface area contributed by atoms with Gasteiger partial charge in [0, 0.05) is 17.3 Å². The molecule has 5 heteroatoms. The quantitative estimate of drug-likeness (QED) is 0.693. The Kier molecular flexibility index (Phi) is 3.70. The Morgan fingerprint density at radius 1 is 1.10 bits per heavy atom. The summed E-state index contributed by atoms with van der Waals surface area (Å²) in [6.45, 7) is 1.43. The van der Waals surface area contributed by atoms with Crippen molar-refractivity contribution in [3.63, 3.8) is 0 Å². The Balaban J connectivity index is 2.49. The lowest BCUT2D eigenvalue weighted by Crippen LogP contribution is -2.09. The minimum atomic E-state index is -1.16. The van der Waals surface area contributed by atoms with Gasteiger partial charge in [-0.05, 0) is 30.7 Å². The van der Waals surface area contributed by atoms with Gasteiger partial charge in [0.15, 0.2) is 17.4 Å². The van der Waals surface area contributed by atoms with E-state index in [9.17, 15) is 13.6 Å². The Hall–Kier alpha value is -2.43. The van der Waals surface area contributed by atoms with Crippen LogP contribution in [0.1, 0.15) is 21.5 Å². The topological polar surface area (TPSA) is 52.3 Å². The number of hydrogen-bond acceptors (Lipinski definition) is 3. The van der Waals surface area contributed by atoms with Crippen molar-refractivity contribution in [1.29, 1.82) is 0 Å². The average molecular weight is 277 g/mol. The molecule has 0 heterocycles. The molecule has 0 saturated carbocycles. The van der Waals surface area contributed by atoms with E-state index in [0.717, 1.165) is 0 Å². The van der Waals surface area contributed by atoms with Crippen LogP contribution in [0.5, 0.6) is 5.75 Å². The highest BCUT2D eigenvalue weighted by Crippen LogP contribution is 2.24. The molecule has 3 nitrogen and oxygen atoms in total. The van der Waals surface area contributed by atoms with E-state index in [-0.39, 0.29) is 22.4 Å². The highest BCUT2D eigenvalue weighted by atomic mass is 19.2. The Morgan fingerprint density at radius 3 is 2.35 bits per heavy atom. The van der Waals surface area contributed by atoms with Gasteiger partial charge in [0.2, 0.25) is 0 Å². The molecule has 0 aliphatic heterocycles. The maximum absolute atomic E-state index is 13.8. The third-order valence-corrected chi connectivity index (χ3v) is 3.02. The summed E-state index contributed by atoms with van der Waals surface area (Å²) in [4.78, 5) is 12.2. The molecule has 0 bridgehead atoms. The molecule has 0 saturated heterocycles. The third kappa shape index (κ3) is 2.34. The smallest absolute Gasteiger partial charge is 0.198 e. The SMILES string of the molecule is COc1ccc(C(=O)c2ccc(C)c(F)c2F)c(N)c1. The van der Waals surface area contributed by atoms with E-state index >= 15 is 0 Å². The van der Waals surface area contributed by atoms with Gasteiger partial charge in [-0.1, -0.05) is 6.07 Å². The monoisotopic (exact) mass is 277 g/mol. The van der Waals surface area contributed by atoms with Gasteiger partial charge in [0.25, 0.3) is 0 Å². The van der Waals surface area contributed by atoms with Crippen LogP contribution in [0.25, 0.3) is 0 Å². The highest BCUT2D eigenvalue weighted by molar-refractivity contribution is 6.12. The van der Waals surface area contributed by atoms with Gasteiger partial charge in [-0.2, -0.15) is 0 Å². The number of nitrogen functional groups attached to an aromatic ring is 1. The van der Waals surface area contributed by atoms with E-state index in [4.69, 9.17) is 10.5 Å². The lowest BCUT2D eigenvalue weighted by molar-refractivity contribution is 0.103. The van der Waals surface area contributed by atoms with Crippen molar-refractivity contribution < 1.29 is 18.3 Å². The summed E-state index contributed by atoms with van der Waals surface area (Å²) in [6.07, 6.45) is 0. The van der Waals surface area contributed by atoms with Gasteiger partial charge in [0.05, 0.1) is 12.7 Å². The van der Waals surface area contributed by atoms with Gasteiger partial charge < -0.3 is 10.5 Å². The van der Waals surface area contributed by atoms with Gasteiger partial charge in [-0.15, -0.1) is 0 Å². The predicted octanol–water partition coefficient (Wildman–Crippen LogP) is 3.10. The number of ketones is 1. The molecule has 0 fully saturated rings. The Morgan fingerprint density at radius 2 is 1.75 bits per heavy atom. The van der Waals surface area contributed by atoms with Crippen LogP contribution in [0, 0.1) is 18.6 Å². The molecule has 2 N–H and O–H groups in total. The summed E-state index contributed by atoms with van der Waals surface area (Å²) in [5.41, 5.74) is 5.79. The molecular weight excluding hydrogens is 264 g/mol. The molecule has 0 radical (unpaired) electrons. The highest BCUT2D eigenvalue weighted by Gasteiger charge is 2.20. The number of ether oxygens (including phenoxy) is 1. The second-order valence-corrected chi connectivity index (χ2v) is 4.34. The molecule has 0 amide bonds. The van der Waals surface area contributed by atoms with Crippen LogP contribution in [0.2, 0.25) is 0 Å². The van der Waals surface area contributed by atoms with Crippen LogP contribution < -0.4 is 10.5 Å². The number of aryl methyl sites for hydroxylation is 1. The van der Waals surface area contributed by atoms with Gasteiger partial charge in [-0.25, -0.2) is 8.78 Å². The normalized spacial score (nSPS) is 10.4. The maximum atomic E-state index is 13.8. The number of carbonyl (C=O) groups is 1.